The molecular formula is C16H18F3NO6. The van der Waals surface area contributed by atoms with Gasteiger partial charge in [0, 0.05) is 5.56 Å². The van der Waals surface area contributed by atoms with E-state index in [9.17, 15) is 22.8 Å². The maximum Gasteiger partial charge on any atom is 0.573 e. The van der Waals surface area contributed by atoms with Crippen LogP contribution in [-0.2, 0) is 9.53 Å². The van der Waals surface area contributed by atoms with Crippen molar-refractivity contribution in [2.45, 2.75) is 18.8 Å². The molecule has 1 amide bonds. The van der Waals surface area contributed by atoms with Crippen molar-refractivity contribution >= 4 is 11.9 Å². The molecule has 0 saturated heterocycles. The van der Waals surface area contributed by atoms with Gasteiger partial charge < -0.3 is 24.6 Å². The zero-order valence-electron chi connectivity index (χ0n) is 13.8. The van der Waals surface area contributed by atoms with Gasteiger partial charge >= 0.3 is 12.3 Å². The van der Waals surface area contributed by atoms with E-state index in [2.05, 4.69) is 21.4 Å². The molecular weight excluding hydrogens is 359 g/mol. The van der Waals surface area contributed by atoms with Crippen molar-refractivity contribution in [3.63, 3.8) is 0 Å². The van der Waals surface area contributed by atoms with Crippen molar-refractivity contribution in [1.82, 2.24) is 5.32 Å². The number of ether oxygens (including phenoxy) is 3. The van der Waals surface area contributed by atoms with Crippen molar-refractivity contribution in [2.24, 2.45) is 0 Å². The number of halogens is 3. The van der Waals surface area contributed by atoms with E-state index in [4.69, 9.17) is 9.84 Å². The summed E-state index contributed by atoms with van der Waals surface area (Å²) in [5, 5.41) is 11.2. The monoisotopic (exact) mass is 377 g/mol. The smallest absolute Gasteiger partial charge is 0.489 e. The summed E-state index contributed by atoms with van der Waals surface area (Å²) < 4.78 is 51.2. The molecule has 144 valence electrons. The second-order valence-corrected chi connectivity index (χ2v) is 4.87. The third kappa shape index (κ3) is 6.63. The van der Waals surface area contributed by atoms with E-state index >= 15 is 0 Å². The van der Waals surface area contributed by atoms with Gasteiger partial charge in [-0.2, -0.15) is 0 Å². The Labute approximate surface area is 147 Å². The summed E-state index contributed by atoms with van der Waals surface area (Å²) in [5.41, 5.74) is -0.234. The second-order valence-electron chi connectivity index (χ2n) is 4.87. The van der Waals surface area contributed by atoms with Crippen molar-refractivity contribution in [3.05, 3.63) is 36.4 Å². The van der Waals surface area contributed by atoms with Crippen molar-refractivity contribution in [2.75, 3.05) is 20.3 Å². The lowest BCUT2D eigenvalue weighted by Crippen LogP contribution is -2.44. The molecule has 0 aromatic heterocycles. The topological polar surface area (TPSA) is 94.1 Å². The summed E-state index contributed by atoms with van der Waals surface area (Å²) in [6.07, 6.45) is -3.08. The fourth-order valence-electron chi connectivity index (χ4n) is 1.79. The third-order valence-electron chi connectivity index (χ3n) is 2.98. The zero-order chi connectivity index (χ0) is 19.7. The lowest BCUT2D eigenvalue weighted by Gasteiger charge is -2.16. The summed E-state index contributed by atoms with van der Waals surface area (Å²) in [4.78, 5) is 23.5. The van der Waals surface area contributed by atoms with E-state index < -0.39 is 36.6 Å². The number of alkyl halides is 3. The second kappa shape index (κ2) is 9.66. The lowest BCUT2D eigenvalue weighted by molar-refractivity contribution is -0.275. The van der Waals surface area contributed by atoms with Gasteiger partial charge in [-0.25, -0.2) is 4.79 Å². The molecule has 0 heterocycles. The van der Waals surface area contributed by atoms with E-state index in [1.165, 1.54) is 12.1 Å². The predicted molar refractivity (Wildman–Crippen MR) is 83.8 cm³/mol. The van der Waals surface area contributed by atoms with E-state index in [0.29, 0.717) is 6.42 Å². The maximum absolute atomic E-state index is 12.6. The molecule has 10 heteroatoms. The quantitative estimate of drug-likeness (QED) is 0.387. The molecule has 1 rings (SSSR count). The Kier molecular flexibility index (Phi) is 7.91. The van der Waals surface area contributed by atoms with Crippen LogP contribution < -0.4 is 14.8 Å². The zero-order valence-corrected chi connectivity index (χ0v) is 13.8. The number of carbonyl (C=O) groups is 2. The molecule has 1 aromatic rings. The van der Waals surface area contributed by atoms with Crippen LogP contribution in [0.25, 0.3) is 0 Å². The van der Waals surface area contributed by atoms with Gasteiger partial charge in [-0.3, -0.25) is 4.79 Å². The molecule has 0 unspecified atom stereocenters. The highest BCUT2D eigenvalue weighted by molar-refractivity contribution is 5.97. The molecule has 0 bridgehead atoms. The molecule has 0 aliphatic heterocycles. The molecule has 7 nitrogen and oxygen atoms in total. The van der Waals surface area contributed by atoms with Crippen LogP contribution in [0.4, 0.5) is 13.2 Å². The Bertz CT molecular complexity index is 647. The normalized spacial score (nSPS) is 12.0. The first kappa shape index (κ1) is 21.3. The molecule has 0 aliphatic rings. The number of aliphatic hydroxyl groups excluding tert-OH is 1. The average Bonchev–Trinajstić information content (AvgIpc) is 2.58. The van der Waals surface area contributed by atoms with Gasteiger partial charge in [0.15, 0.2) is 17.5 Å². The Hall–Kier alpha value is -2.75. The molecule has 1 aromatic carbocycles. The molecule has 0 fully saturated rings. The summed E-state index contributed by atoms with van der Waals surface area (Å²) >= 11 is 0. The molecule has 26 heavy (non-hydrogen) atoms. The highest BCUT2D eigenvalue weighted by Gasteiger charge is 2.33. The van der Waals surface area contributed by atoms with Crippen LogP contribution in [0.15, 0.2) is 30.9 Å². The third-order valence-corrected chi connectivity index (χ3v) is 2.98. The Morgan fingerprint density at radius 3 is 2.58 bits per heavy atom. The number of rotatable bonds is 9. The number of amides is 1. The van der Waals surface area contributed by atoms with Gasteiger partial charge in [-0.1, -0.05) is 6.08 Å². The van der Waals surface area contributed by atoms with Crippen LogP contribution in [0.5, 0.6) is 11.5 Å². The molecule has 0 spiro atoms. The van der Waals surface area contributed by atoms with E-state index in [-0.39, 0.29) is 17.9 Å². The highest BCUT2D eigenvalue weighted by atomic mass is 19.4. The van der Waals surface area contributed by atoms with Crippen LogP contribution in [0.2, 0.25) is 0 Å². The summed E-state index contributed by atoms with van der Waals surface area (Å²) in [6.45, 7) is 2.79. The van der Waals surface area contributed by atoms with Crippen molar-refractivity contribution in [1.29, 1.82) is 0 Å². The van der Waals surface area contributed by atoms with Crippen LogP contribution >= 0.6 is 0 Å². The van der Waals surface area contributed by atoms with E-state index in [1.807, 2.05) is 0 Å². The van der Waals surface area contributed by atoms with Gasteiger partial charge in [-0.15, -0.1) is 19.8 Å². The first-order chi connectivity index (χ1) is 12.2. The molecule has 0 saturated carbocycles. The molecule has 1 atom stereocenters. The van der Waals surface area contributed by atoms with Gasteiger partial charge in [0.25, 0.3) is 5.91 Å². The lowest BCUT2D eigenvalue weighted by atomic mass is 10.1. The molecule has 0 radical (unpaired) electrons. The van der Waals surface area contributed by atoms with Gasteiger partial charge in [-0.05, 0) is 24.6 Å². The van der Waals surface area contributed by atoms with E-state index in [0.717, 1.165) is 19.2 Å². The van der Waals surface area contributed by atoms with Crippen molar-refractivity contribution < 1.29 is 42.1 Å². The fraction of sp³-hybridized carbons (Fsp3) is 0.375. The molecule has 2 N–H and O–H groups in total. The maximum atomic E-state index is 12.6. The summed E-state index contributed by atoms with van der Waals surface area (Å²) in [5.74, 6) is -2.74. The number of nitrogens with one attached hydrogen (secondary N) is 1. The fourth-order valence-corrected chi connectivity index (χ4v) is 1.79. The number of methoxy groups -OCH3 is 1. The van der Waals surface area contributed by atoms with Crippen LogP contribution in [-0.4, -0.2) is 49.7 Å². The minimum atomic E-state index is -4.99. The minimum absolute atomic E-state index is 0.0676. The Morgan fingerprint density at radius 2 is 2.04 bits per heavy atom. The standard InChI is InChI=1S/C16H18F3NO6/c1-3-4-7-25-12-6-5-10(8-13(12)26-16(17,18)19)14(22)20-11(9-21)15(23)24-2/h3,5-6,8,11,21H,1,4,7,9H2,2H3,(H,20,22)/t11-/m1/s1. The van der Waals surface area contributed by atoms with Crippen LogP contribution in [0.3, 0.4) is 0 Å². The minimum Gasteiger partial charge on any atom is -0.489 e. The van der Waals surface area contributed by atoms with Crippen LogP contribution in [0, 0.1) is 0 Å². The number of benzene rings is 1. The first-order valence-corrected chi connectivity index (χ1v) is 7.34. The number of aliphatic hydroxyl groups is 1. The Balaban J connectivity index is 3.04. The number of esters is 1. The Morgan fingerprint density at radius 1 is 1.35 bits per heavy atom. The van der Waals surface area contributed by atoms with E-state index in [1.54, 1.807) is 0 Å². The predicted octanol–water partition coefficient (Wildman–Crippen LogP) is 1.80. The first-order valence-electron chi connectivity index (χ1n) is 7.34. The molecule has 0 aliphatic carbocycles. The van der Waals surface area contributed by atoms with Gasteiger partial charge in [0.05, 0.1) is 20.3 Å². The highest BCUT2D eigenvalue weighted by Crippen LogP contribution is 2.33. The summed E-state index contributed by atoms with van der Waals surface area (Å²) in [7, 11) is 1.06. The van der Waals surface area contributed by atoms with Gasteiger partial charge in [0.2, 0.25) is 0 Å². The average molecular weight is 377 g/mol. The number of hydrogen-bond donors (Lipinski definition) is 2. The number of hydrogen-bond acceptors (Lipinski definition) is 6. The number of carbonyl (C=O) groups excluding carboxylic acids is 2. The van der Waals surface area contributed by atoms with Gasteiger partial charge in [0.1, 0.15) is 0 Å². The van der Waals surface area contributed by atoms with Crippen LogP contribution in [0.1, 0.15) is 16.8 Å². The van der Waals surface area contributed by atoms with Crippen molar-refractivity contribution in [3.8, 4) is 11.5 Å². The largest absolute Gasteiger partial charge is 0.573 e. The SMILES string of the molecule is C=CCCOc1ccc(C(=O)N[C@H](CO)C(=O)OC)cc1OC(F)(F)F. The summed E-state index contributed by atoms with van der Waals surface area (Å²) in [6, 6.07) is 1.78.